The molecule has 0 atom stereocenters. The van der Waals surface area contributed by atoms with Crippen molar-refractivity contribution in [1.82, 2.24) is 4.90 Å². The molecule has 5 nitrogen and oxygen atoms in total. The van der Waals surface area contributed by atoms with Crippen LogP contribution < -0.4 is 10.2 Å². The predicted molar refractivity (Wildman–Crippen MR) is 121 cm³/mol. The number of rotatable bonds is 5. The van der Waals surface area contributed by atoms with Gasteiger partial charge in [-0.2, -0.15) is 13.2 Å². The van der Waals surface area contributed by atoms with E-state index in [-0.39, 0.29) is 10.0 Å². The van der Waals surface area contributed by atoms with Crippen LogP contribution in [0.5, 0.6) is 0 Å². The number of carbonyl (C=O) groups excluding carboxylic acids is 2. The van der Waals surface area contributed by atoms with Crippen LogP contribution in [0.15, 0.2) is 53.4 Å². The maximum absolute atomic E-state index is 12.8. The van der Waals surface area contributed by atoms with Crippen molar-refractivity contribution in [3.8, 4) is 0 Å². The molecule has 0 aliphatic carbocycles. The Hall–Kier alpha value is -2.85. The molecule has 1 aliphatic rings. The van der Waals surface area contributed by atoms with Crippen LogP contribution in [0, 0.1) is 0 Å². The van der Waals surface area contributed by atoms with Crippen LogP contribution in [-0.4, -0.2) is 41.7 Å². The lowest BCUT2D eigenvalue weighted by Gasteiger charge is -2.15. The van der Waals surface area contributed by atoms with Gasteiger partial charge in [0.15, 0.2) is 0 Å². The number of nitrogens with zero attached hydrogens (tertiary/aromatic N) is 2. The van der Waals surface area contributed by atoms with E-state index < -0.39 is 30.1 Å². The molecule has 1 aliphatic heterocycles. The Kier molecular flexibility index (Phi) is 6.71. The zero-order chi connectivity index (χ0) is 22.8. The number of nitrogens with one attached hydrogen (secondary N) is 1. The number of hydrogen-bond donors (Lipinski definition) is 1. The second kappa shape index (κ2) is 9.11. The number of benzene rings is 2. The highest BCUT2D eigenvalue weighted by molar-refractivity contribution is 8.26. The molecule has 1 saturated heterocycles. The van der Waals surface area contributed by atoms with E-state index in [1.807, 2.05) is 43.3 Å². The Morgan fingerprint density at radius 3 is 2.48 bits per heavy atom. The minimum absolute atomic E-state index is 0.0122. The molecule has 0 bridgehead atoms. The Balaban J connectivity index is 1.68. The minimum Gasteiger partial charge on any atom is -0.378 e. The van der Waals surface area contributed by atoms with Crippen molar-refractivity contribution in [3.63, 3.8) is 0 Å². The molecule has 1 fully saturated rings. The maximum Gasteiger partial charge on any atom is 0.416 e. The van der Waals surface area contributed by atoms with Crippen LogP contribution in [0.4, 0.5) is 24.5 Å². The number of halogens is 3. The van der Waals surface area contributed by atoms with Crippen LogP contribution in [0.25, 0.3) is 6.08 Å². The molecule has 2 aromatic carbocycles. The molecule has 1 heterocycles. The lowest BCUT2D eigenvalue weighted by atomic mass is 10.2. The van der Waals surface area contributed by atoms with Crippen LogP contribution in [-0.2, 0) is 15.8 Å². The number of alkyl halides is 3. The van der Waals surface area contributed by atoms with Gasteiger partial charge in [0.05, 0.1) is 10.5 Å². The molecule has 0 spiro atoms. The standard InChI is InChI=1S/C21H18F3N3O2S2/c1-26(2)16-8-6-13(7-9-16)10-17-19(29)27(20(30)31-17)12-18(28)25-15-5-3-4-14(11-15)21(22,23)24/h3-11H,12H2,1-2H3,(H,25,28)/b17-10-. The number of thioether (sulfide) groups is 1. The summed E-state index contributed by atoms with van der Waals surface area (Å²) in [5.41, 5.74) is 0.927. The first-order valence-electron chi connectivity index (χ1n) is 9.04. The molecule has 0 saturated carbocycles. The smallest absolute Gasteiger partial charge is 0.378 e. The van der Waals surface area contributed by atoms with E-state index in [0.29, 0.717) is 4.91 Å². The first kappa shape index (κ1) is 22.8. The first-order valence-corrected chi connectivity index (χ1v) is 10.3. The molecule has 0 unspecified atom stereocenters. The van der Waals surface area contributed by atoms with E-state index in [1.54, 1.807) is 6.08 Å². The number of hydrogen-bond acceptors (Lipinski definition) is 5. The van der Waals surface area contributed by atoms with Gasteiger partial charge in [-0.05, 0) is 42.0 Å². The van der Waals surface area contributed by atoms with Crippen molar-refractivity contribution in [2.75, 3.05) is 30.9 Å². The summed E-state index contributed by atoms with van der Waals surface area (Å²) in [7, 11) is 3.84. The summed E-state index contributed by atoms with van der Waals surface area (Å²) in [6.45, 7) is -0.391. The largest absolute Gasteiger partial charge is 0.416 e. The molecule has 2 aromatic rings. The Bertz CT molecular complexity index is 1050. The highest BCUT2D eigenvalue weighted by Crippen LogP contribution is 2.33. The summed E-state index contributed by atoms with van der Waals surface area (Å²) < 4.78 is 38.7. The van der Waals surface area contributed by atoms with Gasteiger partial charge < -0.3 is 10.2 Å². The van der Waals surface area contributed by atoms with Gasteiger partial charge in [-0.15, -0.1) is 0 Å². The zero-order valence-electron chi connectivity index (χ0n) is 16.6. The maximum atomic E-state index is 12.8. The molecule has 0 radical (unpaired) electrons. The fourth-order valence-electron chi connectivity index (χ4n) is 2.77. The lowest BCUT2D eigenvalue weighted by molar-refractivity contribution is -0.137. The van der Waals surface area contributed by atoms with Crippen LogP contribution in [0.2, 0.25) is 0 Å². The minimum atomic E-state index is -4.52. The van der Waals surface area contributed by atoms with E-state index >= 15 is 0 Å². The van der Waals surface area contributed by atoms with Gasteiger partial charge in [-0.3, -0.25) is 14.5 Å². The molecule has 10 heteroatoms. The van der Waals surface area contributed by atoms with Crippen LogP contribution >= 0.6 is 24.0 Å². The fourth-order valence-corrected chi connectivity index (χ4v) is 4.03. The quantitative estimate of drug-likeness (QED) is 0.516. The fraction of sp³-hybridized carbons (Fsp3) is 0.190. The SMILES string of the molecule is CN(C)c1ccc(/C=C2\SC(=S)N(CC(=O)Nc3cccc(C(F)(F)F)c3)C2=O)cc1. The van der Waals surface area contributed by atoms with Crippen molar-refractivity contribution in [2.45, 2.75) is 6.18 Å². The van der Waals surface area contributed by atoms with Crippen LogP contribution in [0.1, 0.15) is 11.1 Å². The van der Waals surface area contributed by atoms with Gasteiger partial charge in [0.1, 0.15) is 10.9 Å². The summed E-state index contributed by atoms with van der Waals surface area (Å²) in [5.74, 6) is -1.07. The molecule has 3 rings (SSSR count). The van der Waals surface area contributed by atoms with E-state index in [9.17, 15) is 22.8 Å². The number of anilines is 2. The summed E-state index contributed by atoms with van der Waals surface area (Å²) in [6.07, 6.45) is -2.84. The van der Waals surface area contributed by atoms with Gasteiger partial charge in [0.25, 0.3) is 5.91 Å². The molecule has 1 N–H and O–H groups in total. The highest BCUT2D eigenvalue weighted by Gasteiger charge is 2.34. The molecule has 31 heavy (non-hydrogen) atoms. The van der Waals surface area contributed by atoms with Crippen molar-refractivity contribution < 1.29 is 22.8 Å². The van der Waals surface area contributed by atoms with Crippen molar-refractivity contribution >= 4 is 57.6 Å². The third-order valence-electron chi connectivity index (χ3n) is 4.36. The first-order chi connectivity index (χ1) is 14.5. The highest BCUT2D eigenvalue weighted by atomic mass is 32.2. The van der Waals surface area contributed by atoms with Gasteiger partial charge >= 0.3 is 6.18 Å². The van der Waals surface area contributed by atoms with Gasteiger partial charge in [0.2, 0.25) is 5.91 Å². The zero-order valence-corrected chi connectivity index (χ0v) is 18.2. The predicted octanol–water partition coefficient (Wildman–Crippen LogP) is 4.61. The van der Waals surface area contributed by atoms with Crippen molar-refractivity contribution in [3.05, 3.63) is 64.6 Å². The summed E-state index contributed by atoms with van der Waals surface area (Å²) in [4.78, 5) is 28.4. The van der Waals surface area contributed by atoms with Crippen molar-refractivity contribution in [1.29, 1.82) is 0 Å². The summed E-state index contributed by atoms with van der Waals surface area (Å²) in [6, 6.07) is 11.8. The second-order valence-corrected chi connectivity index (χ2v) is 8.56. The van der Waals surface area contributed by atoms with E-state index in [2.05, 4.69) is 5.32 Å². The summed E-state index contributed by atoms with van der Waals surface area (Å²) >= 11 is 6.28. The van der Waals surface area contributed by atoms with E-state index in [4.69, 9.17) is 12.2 Å². The number of thiocarbonyl (C=S) groups is 1. The average molecular weight is 466 g/mol. The monoisotopic (exact) mass is 465 g/mol. The molecule has 2 amide bonds. The molecule has 162 valence electrons. The number of carbonyl (C=O) groups is 2. The van der Waals surface area contributed by atoms with E-state index in [0.717, 1.165) is 40.0 Å². The lowest BCUT2D eigenvalue weighted by Crippen LogP contribution is -2.36. The molecule has 0 aromatic heterocycles. The van der Waals surface area contributed by atoms with Crippen molar-refractivity contribution in [2.24, 2.45) is 0 Å². The number of amides is 2. The van der Waals surface area contributed by atoms with Gasteiger partial charge in [-0.25, -0.2) is 0 Å². The van der Waals surface area contributed by atoms with E-state index in [1.165, 1.54) is 12.1 Å². The average Bonchev–Trinajstić information content (AvgIpc) is 2.95. The summed E-state index contributed by atoms with van der Waals surface area (Å²) in [5, 5.41) is 2.38. The Labute approximate surface area is 186 Å². The molecular weight excluding hydrogens is 447 g/mol. The Morgan fingerprint density at radius 2 is 1.87 bits per heavy atom. The Morgan fingerprint density at radius 1 is 1.19 bits per heavy atom. The normalized spacial score (nSPS) is 15.5. The molecular formula is C21H18F3N3O2S2. The third-order valence-corrected chi connectivity index (χ3v) is 5.73. The topological polar surface area (TPSA) is 52.6 Å². The van der Waals surface area contributed by atoms with Crippen LogP contribution in [0.3, 0.4) is 0 Å². The van der Waals surface area contributed by atoms with Gasteiger partial charge in [-0.1, -0.05) is 42.2 Å². The van der Waals surface area contributed by atoms with Gasteiger partial charge in [0, 0.05) is 25.5 Å². The second-order valence-electron chi connectivity index (χ2n) is 6.88. The third kappa shape index (κ3) is 5.65.